The van der Waals surface area contributed by atoms with Crippen LogP contribution < -0.4 is 0 Å². The molecule has 0 aliphatic rings. The molecule has 0 amide bonds. The van der Waals surface area contributed by atoms with Crippen molar-refractivity contribution < 1.29 is 9.90 Å². The van der Waals surface area contributed by atoms with E-state index >= 15 is 0 Å². The van der Waals surface area contributed by atoms with Crippen molar-refractivity contribution in [3.63, 3.8) is 0 Å². The van der Waals surface area contributed by atoms with E-state index in [1.807, 2.05) is 0 Å². The number of allylic oxidation sites excluding steroid dienone is 2. The maximum absolute atomic E-state index is 10.2. The number of benzene rings is 1. The first kappa shape index (κ1) is 11.8. The van der Waals surface area contributed by atoms with Gasteiger partial charge in [0.25, 0.3) is 0 Å². The first-order valence-corrected chi connectivity index (χ1v) is 4.88. The summed E-state index contributed by atoms with van der Waals surface area (Å²) in [7, 11) is 0. The van der Waals surface area contributed by atoms with Gasteiger partial charge in [0, 0.05) is 21.7 Å². The molecule has 0 radical (unpaired) electrons. The molecule has 0 fully saturated rings. The van der Waals surface area contributed by atoms with Crippen LogP contribution in [0.2, 0.25) is 10.0 Å². The van der Waals surface area contributed by atoms with Crippen molar-refractivity contribution in [3.05, 3.63) is 52.0 Å². The van der Waals surface area contributed by atoms with Gasteiger partial charge in [0.2, 0.25) is 0 Å². The van der Waals surface area contributed by atoms with E-state index in [0.29, 0.717) is 15.6 Å². The van der Waals surface area contributed by atoms with Crippen LogP contribution in [0.4, 0.5) is 0 Å². The second-order valence-electron chi connectivity index (χ2n) is 2.69. The number of halogens is 2. The minimum absolute atomic E-state index is 0.530. The van der Waals surface area contributed by atoms with E-state index in [2.05, 4.69) is 0 Å². The number of carbonyl (C=O) groups is 1. The maximum atomic E-state index is 10.2. The number of carboxylic acid groups (broad SMARTS) is 1. The molecule has 78 valence electrons. The minimum atomic E-state index is -0.995. The van der Waals surface area contributed by atoms with Gasteiger partial charge < -0.3 is 5.11 Å². The van der Waals surface area contributed by atoms with Crippen molar-refractivity contribution in [2.45, 2.75) is 0 Å². The van der Waals surface area contributed by atoms with Gasteiger partial charge in [0.05, 0.1) is 0 Å². The van der Waals surface area contributed by atoms with Crippen LogP contribution in [-0.4, -0.2) is 11.1 Å². The van der Waals surface area contributed by atoms with Crippen LogP contribution in [0.5, 0.6) is 0 Å². The van der Waals surface area contributed by atoms with E-state index in [4.69, 9.17) is 28.3 Å². The second-order valence-corrected chi connectivity index (χ2v) is 3.51. The van der Waals surface area contributed by atoms with E-state index in [1.165, 1.54) is 6.08 Å². The summed E-state index contributed by atoms with van der Waals surface area (Å²) in [4.78, 5) is 10.2. The fourth-order valence-electron chi connectivity index (χ4n) is 0.960. The first-order chi connectivity index (χ1) is 7.11. The Morgan fingerprint density at radius 1 is 1.20 bits per heavy atom. The molecule has 0 aliphatic heterocycles. The topological polar surface area (TPSA) is 37.3 Å². The van der Waals surface area contributed by atoms with Gasteiger partial charge >= 0.3 is 5.97 Å². The molecule has 1 N–H and O–H groups in total. The van der Waals surface area contributed by atoms with Gasteiger partial charge in [0.15, 0.2) is 0 Å². The summed E-state index contributed by atoms with van der Waals surface area (Å²) in [5.41, 5.74) is 0.677. The van der Waals surface area contributed by atoms with Crippen molar-refractivity contribution >= 4 is 35.2 Å². The van der Waals surface area contributed by atoms with Crippen molar-refractivity contribution in [1.29, 1.82) is 0 Å². The SMILES string of the molecule is O=C(O)C=CC=Cc1c(Cl)cccc1Cl. The van der Waals surface area contributed by atoms with Crippen LogP contribution in [0.25, 0.3) is 6.08 Å². The highest BCUT2D eigenvalue weighted by Crippen LogP contribution is 2.25. The van der Waals surface area contributed by atoms with Crippen LogP contribution in [0.15, 0.2) is 36.4 Å². The molecule has 1 rings (SSSR count). The number of hydrogen-bond acceptors (Lipinski definition) is 1. The van der Waals surface area contributed by atoms with E-state index in [9.17, 15) is 4.79 Å². The van der Waals surface area contributed by atoms with Crippen LogP contribution in [0, 0.1) is 0 Å². The number of aliphatic carboxylic acids is 1. The lowest BCUT2D eigenvalue weighted by Crippen LogP contribution is -1.84. The Hall–Kier alpha value is -1.25. The molecule has 0 atom stereocenters. The first-order valence-electron chi connectivity index (χ1n) is 4.13. The Labute approximate surface area is 97.4 Å². The second kappa shape index (κ2) is 5.59. The third kappa shape index (κ3) is 3.78. The summed E-state index contributed by atoms with van der Waals surface area (Å²) in [6, 6.07) is 5.18. The number of rotatable bonds is 3. The molecular weight excluding hydrogens is 235 g/mol. The summed E-state index contributed by atoms with van der Waals surface area (Å²) < 4.78 is 0. The Kier molecular flexibility index (Phi) is 4.40. The molecule has 0 unspecified atom stereocenters. The molecule has 0 aromatic heterocycles. The average molecular weight is 243 g/mol. The molecule has 0 aliphatic carbocycles. The van der Waals surface area contributed by atoms with Gasteiger partial charge in [-0.3, -0.25) is 0 Å². The maximum Gasteiger partial charge on any atom is 0.328 e. The third-order valence-corrected chi connectivity index (χ3v) is 2.27. The molecule has 0 spiro atoms. The van der Waals surface area contributed by atoms with Gasteiger partial charge in [-0.05, 0) is 12.1 Å². The highest BCUT2D eigenvalue weighted by Gasteiger charge is 1.99. The van der Waals surface area contributed by atoms with Gasteiger partial charge in [-0.25, -0.2) is 4.79 Å². The van der Waals surface area contributed by atoms with Gasteiger partial charge in [0.1, 0.15) is 0 Å². The van der Waals surface area contributed by atoms with Crippen molar-refractivity contribution in [2.75, 3.05) is 0 Å². The van der Waals surface area contributed by atoms with E-state index in [-0.39, 0.29) is 0 Å². The van der Waals surface area contributed by atoms with E-state index in [1.54, 1.807) is 30.4 Å². The van der Waals surface area contributed by atoms with Gasteiger partial charge in [-0.1, -0.05) is 47.5 Å². The predicted molar refractivity (Wildman–Crippen MR) is 62.3 cm³/mol. The van der Waals surface area contributed by atoms with Crippen molar-refractivity contribution in [1.82, 2.24) is 0 Å². The normalized spacial score (nSPS) is 11.3. The Morgan fingerprint density at radius 2 is 1.80 bits per heavy atom. The lowest BCUT2D eigenvalue weighted by Gasteiger charge is -1.99. The predicted octanol–water partition coefficient (Wildman–Crippen LogP) is 3.65. The van der Waals surface area contributed by atoms with Crippen LogP contribution in [0.3, 0.4) is 0 Å². The highest BCUT2D eigenvalue weighted by molar-refractivity contribution is 6.37. The lowest BCUT2D eigenvalue weighted by molar-refractivity contribution is -0.131. The Morgan fingerprint density at radius 3 is 2.33 bits per heavy atom. The fourth-order valence-corrected chi connectivity index (χ4v) is 1.48. The van der Waals surface area contributed by atoms with Crippen molar-refractivity contribution in [3.8, 4) is 0 Å². The van der Waals surface area contributed by atoms with Crippen LogP contribution in [0.1, 0.15) is 5.56 Å². The smallest absolute Gasteiger partial charge is 0.328 e. The average Bonchev–Trinajstić information content (AvgIpc) is 2.15. The molecule has 0 heterocycles. The molecule has 15 heavy (non-hydrogen) atoms. The minimum Gasteiger partial charge on any atom is -0.478 e. The van der Waals surface area contributed by atoms with Gasteiger partial charge in [-0.15, -0.1) is 0 Å². The monoisotopic (exact) mass is 242 g/mol. The largest absolute Gasteiger partial charge is 0.478 e. The molecule has 1 aromatic carbocycles. The zero-order valence-electron chi connectivity index (χ0n) is 7.65. The van der Waals surface area contributed by atoms with Gasteiger partial charge in [-0.2, -0.15) is 0 Å². The molecule has 4 heteroatoms. The molecule has 1 aromatic rings. The summed E-state index contributed by atoms with van der Waals surface area (Å²) >= 11 is 11.8. The summed E-state index contributed by atoms with van der Waals surface area (Å²) in [5, 5.41) is 9.41. The molecule has 2 nitrogen and oxygen atoms in total. The summed E-state index contributed by atoms with van der Waals surface area (Å²) in [6.07, 6.45) is 5.66. The van der Waals surface area contributed by atoms with Crippen LogP contribution >= 0.6 is 23.2 Å². The molecular formula is C11H8Cl2O2. The highest BCUT2D eigenvalue weighted by atomic mass is 35.5. The fraction of sp³-hybridized carbons (Fsp3) is 0. The molecule has 0 bridgehead atoms. The molecule has 0 saturated carbocycles. The third-order valence-electron chi connectivity index (χ3n) is 1.61. The summed E-state index contributed by atoms with van der Waals surface area (Å²) in [5.74, 6) is -0.995. The Bertz CT molecular complexity index is 402. The Balaban J connectivity index is 2.85. The van der Waals surface area contributed by atoms with Crippen molar-refractivity contribution in [2.24, 2.45) is 0 Å². The number of hydrogen-bond donors (Lipinski definition) is 1. The zero-order valence-corrected chi connectivity index (χ0v) is 9.16. The standard InChI is InChI=1S/C11H8Cl2O2/c12-9-5-3-6-10(13)8(9)4-1-2-7-11(14)15/h1-7H,(H,14,15). The number of carboxylic acids is 1. The zero-order chi connectivity index (χ0) is 11.3. The van der Waals surface area contributed by atoms with E-state index < -0.39 is 5.97 Å². The lowest BCUT2D eigenvalue weighted by atomic mass is 10.2. The quantitative estimate of drug-likeness (QED) is 0.649. The van der Waals surface area contributed by atoms with Crippen LogP contribution in [-0.2, 0) is 4.79 Å². The molecule has 0 saturated heterocycles. The summed E-state index contributed by atoms with van der Waals surface area (Å²) in [6.45, 7) is 0. The van der Waals surface area contributed by atoms with E-state index in [0.717, 1.165) is 6.08 Å².